The Morgan fingerprint density at radius 2 is 1.62 bits per heavy atom. The molecule has 0 aromatic carbocycles. The average molecular weight is 229 g/mol. The molecule has 2 nitrogen and oxygen atoms in total. The summed E-state index contributed by atoms with van der Waals surface area (Å²) in [6.45, 7) is 12.0. The molecule has 0 fully saturated rings. The topological polar surface area (TPSA) is 21.3 Å². The molecule has 2 heteroatoms. The van der Waals surface area contributed by atoms with Gasteiger partial charge in [-0.15, -0.1) is 0 Å². The first-order chi connectivity index (χ1) is 7.66. The smallest absolute Gasteiger partial charge is 0.0466 e. The van der Waals surface area contributed by atoms with Gasteiger partial charge in [0.15, 0.2) is 0 Å². The van der Waals surface area contributed by atoms with Crippen LogP contribution in [-0.4, -0.2) is 25.8 Å². The molecule has 0 radical (unpaired) electrons. The minimum absolute atomic E-state index is 0.638. The Bertz CT molecular complexity index is 137. The van der Waals surface area contributed by atoms with E-state index in [-0.39, 0.29) is 0 Å². The van der Waals surface area contributed by atoms with Gasteiger partial charge in [-0.1, -0.05) is 20.8 Å². The zero-order valence-corrected chi connectivity index (χ0v) is 11.7. The Hall–Kier alpha value is -0.0800. The van der Waals surface area contributed by atoms with Gasteiger partial charge in [0, 0.05) is 19.3 Å². The van der Waals surface area contributed by atoms with Crippen LogP contribution in [0.25, 0.3) is 0 Å². The summed E-state index contributed by atoms with van der Waals surface area (Å²) in [6.07, 6.45) is 6.12. The summed E-state index contributed by atoms with van der Waals surface area (Å²) >= 11 is 0. The third-order valence-electron chi connectivity index (χ3n) is 2.74. The van der Waals surface area contributed by atoms with Crippen molar-refractivity contribution in [2.24, 2.45) is 5.92 Å². The van der Waals surface area contributed by atoms with Crippen molar-refractivity contribution >= 4 is 0 Å². The van der Waals surface area contributed by atoms with Gasteiger partial charge in [-0.25, -0.2) is 0 Å². The Balaban J connectivity index is 3.08. The van der Waals surface area contributed by atoms with Gasteiger partial charge < -0.3 is 10.1 Å². The van der Waals surface area contributed by atoms with Gasteiger partial charge in [0.1, 0.15) is 0 Å². The van der Waals surface area contributed by atoms with E-state index in [4.69, 9.17) is 4.74 Å². The monoisotopic (exact) mass is 229 g/mol. The summed E-state index contributed by atoms with van der Waals surface area (Å²) in [5.41, 5.74) is 0. The molecule has 1 N–H and O–H groups in total. The number of hydrogen-bond donors (Lipinski definition) is 1. The zero-order chi connectivity index (χ0) is 12.2. The van der Waals surface area contributed by atoms with Crippen molar-refractivity contribution in [1.82, 2.24) is 5.32 Å². The summed E-state index contributed by atoms with van der Waals surface area (Å²) < 4.78 is 5.61. The van der Waals surface area contributed by atoms with E-state index < -0.39 is 0 Å². The molecule has 16 heavy (non-hydrogen) atoms. The lowest BCUT2D eigenvalue weighted by molar-refractivity contribution is 0.122. The van der Waals surface area contributed by atoms with E-state index in [1.807, 2.05) is 0 Å². The van der Waals surface area contributed by atoms with Crippen molar-refractivity contribution < 1.29 is 4.74 Å². The standard InChI is InChI=1S/C14H31NO/c1-5-10-15-14(4)9-7-12-16-11-6-8-13(2)3/h13-15H,5-12H2,1-4H3. The van der Waals surface area contributed by atoms with E-state index in [0.717, 1.165) is 25.7 Å². The SMILES string of the molecule is CCCNC(C)CCCOCCCC(C)C. The van der Waals surface area contributed by atoms with Crippen LogP contribution in [-0.2, 0) is 4.74 Å². The molecule has 0 aliphatic rings. The fourth-order valence-electron chi connectivity index (χ4n) is 1.68. The van der Waals surface area contributed by atoms with Crippen LogP contribution in [0.5, 0.6) is 0 Å². The second kappa shape index (κ2) is 11.4. The maximum absolute atomic E-state index is 5.61. The molecule has 98 valence electrons. The van der Waals surface area contributed by atoms with Crippen LogP contribution in [0.2, 0.25) is 0 Å². The third-order valence-corrected chi connectivity index (χ3v) is 2.74. The van der Waals surface area contributed by atoms with Crippen molar-refractivity contribution in [3.05, 3.63) is 0 Å². The van der Waals surface area contributed by atoms with Gasteiger partial charge in [-0.05, 0) is 51.5 Å². The lowest BCUT2D eigenvalue weighted by Gasteiger charge is -2.12. The van der Waals surface area contributed by atoms with Crippen molar-refractivity contribution in [1.29, 1.82) is 0 Å². The highest BCUT2D eigenvalue weighted by molar-refractivity contribution is 4.59. The molecule has 0 rings (SSSR count). The first-order valence-corrected chi connectivity index (χ1v) is 6.98. The molecule has 0 amide bonds. The number of hydrogen-bond acceptors (Lipinski definition) is 2. The summed E-state index contributed by atoms with van der Waals surface area (Å²) in [7, 11) is 0. The fourth-order valence-corrected chi connectivity index (χ4v) is 1.68. The lowest BCUT2D eigenvalue weighted by atomic mass is 10.1. The fraction of sp³-hybridized carbons (Fsp3) is 1.00. The maximum atomic E-state index is 5.61. The maximum Gasteiger partial charge on any atom is 0.0466 e. The van der Waals surface area contributed by atoms with Crippen LogP contribution < -0.4 is 5.32 Å². The van der Waals surface area contributed by atoms with Gasteiger partial charge in [-0.3, -0.25) is 0 Å². The van der Waals surface area contributed by atoms with E-state index in [9.17, 15) is 0 Å². The van der Waals surface area contributed by atoms with Crippen LogP contribution in [0, 0.1) is 5.92 Å². The molecule has 0 aliphatic carbocycles. The molecule has 0 spiro atoms. The molecule has 0 aromatic rings. The van der Waals surface area contributed by atoms with E-state index in [2.05, 4.69) is 33.0 Å². The van der Waals surface area contributed by atoms with Crippen LogP contribution in [0.4, 0.5) is 0 Å². The average Bonchev–Trinajstić information content (AvgIpc) is 2.24. The molecule has 0 saturated heterocycles. The van der Waals surface area contributed by atoms with E-state index >= 15 is 0 Å². The Morgan fingerprint density at radius 1 is 1.00 bits per heavy atom. The molecule has 0 aliphatic heterocycles. The predicted octanol–water partition coefficient (Wildman–Crippen LogP) is 3.61. The molecule has 1 unspecified atom stereocenters. The zero-order valence-electron chi connectivity index (χ0n) is 11.7. The number of rotatable bonds is 11. The Morgan fingerprint density at radius 3 is 2.19 bits per heavy atom. The van der Waals surface area contributed by atoms with Crippen LogP contribution in [0.1, 0.15) is 59.8 Å². The highest BCUT2D eigenvalue weighted by Crippen LogP contribution is 2.04. The van der Waals surface area contributed by atoms with Gasteiger partial charge in [-0.2, -0.15) is 0 Å². The van der Waals surface area contributed by atoms with Gasteiger partial charge in [0.25, 0.3) is 0 Å². The van der Waals surface area contributed by atoms with Crippen LogP contribution in [0.3, 0.4) is 0 Å². The molecule has 0 heterocycles. The highest BCUT2D eigenvalue weighted by atomic mass is 16.5. The second-order valence-electron chi connectivity index (χ2n) is 5.15. The van der Waals surface area contributed by atoms with Crippen molar-refractivity contribution in [2.75, 3.05) is 19.8 Å². The quantitative estimate of drug-likeness (QED) is 0.547. The van der Waals surface area contributed by atoms with Crippen molar-refractivity contribution in [2.45, 2.75) is 65.8 Å². The van der Waals surface area contributed by atoms with E-state index in [1.165, 1.54) is 32.1 Å². The van der Waals surface area contributed by atoms with Crippen molar-refractivity contribution in [3.8, 4) is 0 Å². The lowest BCUT2D eigenvalue weighted by Crippen LogP contribution is -2.26. The first kappa shape index (κ1) is 15.9. The molecule has 0 saturated carbocycles. The van der Waals surface area contributed by atoms with E-state index in [0.29, 0.717) is 6.04 Å². The Labute approximate surface area is 102 Å². The van der Waals surface area contributed by atoms with Gasteiger partial charge in [0.05, 0.1) is 0 Å². The molecular weight excluding hydrogens is 198 g/mol. The number of nitrogens with one attached hydrogen (secondary N) is 1. The Kier molecular flexibility index (Phi) is 11.3. The second-order valence-corrected chi connectivity index (χ2v) is 5.15. The largest absolute Gasteiger partial charge is 0.381 e. The van der Waals surface area contributed by atoms with Crippen LogP contribution in [0.15, 0.2) is 0 Å². The summed E-state index contributed by atoms with van der Waals surface area (Å²) in [5, 5.41) is 3.49. The minimum Gasteiger partial charge on any atom is -0.381 e. The number of ether oxygens (including phenoxy) is 1. The molecule has 0 bridgehead atoms. The first-order valence-electron chi connectivity index (χ1n) is 6.98. The van der Waals surface area contributed by atoms with Gasteiger partial charge in [0.2, 0.25) is 0 Å². The summed E-state index contributed by atoms with van der Waals surface area (Å²) in [6, 6.07) is 0.638. The highest BCUT2D eigenvalue weighted by Gasteiger charge is 1.99. The van der Waals surface area contributed by atoms with Crippen molar-refractivity contribution in [3.63, 3.8) is 0 Å². The normalized spacial score (nSPS) is 13.3. The summed E-state index contributed by atoms with van der Waals surface area (Å²) in [5.74, 6) is 0.807. The molecule has 1 atom stereocenters. The predicted molar refractivity (Wildman–Crippen MR) is 71.9 cm³/mol. The van der Waals surface area contributed by atoms with Crippen LogP contribution >= 0.6 is 0 Å². The van der Waals surface area contributed by atoms with E-state index in [1.54, 1.807) is 0 Å². The molecule has 0 aromatic heterocycles. The summed E-state index contributed by atoms with van der Waals surface area (Å²) in [4.78, 5) is 0. The van der Waals surface area contributed by atoms with Gasteiger partial charge >= 0.3 is 0 Å². The minimum atomic E-state index is 0.638. The molecular formula is C14H31NO. The third kappa shape index (κ3) is 12.0.